The summed E-state index contributed by atoms with van der Waals surface area (Å²) in [5.74, 6) is -0.409. The Kier molecular flexibility index (Phi) is 7.62. The van der Waals surface area contributed by atoms with Crippen molar-refractivity contribution >= 4 is 29.2 Å². The second-order valence-electron chi connectivity index (χ2n) is 10.3. The molecule has 3 aromatic rings. The van der Waals surface area contributed by atoms with Gasteiger partial charge in [-0.15, -0.1) is 0 Å². The van der Waals surface area contributed by atoms with E-state index >= 15 is 0 Å². The van der Waals surface area contributed by atoms with Crippen LogP contribution in [0.3, 0.4) is 0 Å². The zero-order valence-corrected chi connectivity index (χ0v) is 21.6. The smallest absolute Gasteiger partial charge is 0.311 e. The van der Waals surface area contributed by atoms with Crippen LogP contribution in [0.2, 0.25) is 0 Å². The van der Waals surface area contributed by atoms with Gasteiger partial charge in [0.15, 0.2) is 6.61 Å². The molecule has 1 atom stereocenters. The summed E-state index contributed by atoms with van der Waals surface area (Å²) in [7, 11) is 0. The third kappa shape index (κ3) is 6.76. The number of rotatable bonds is 7. The zero-order chi connectivity index (χ0) is 26.6. The van der Waals surface area contributed by atoms with Crippen LogP contribution in [-0.4, -0.2) is 30.9 Å². The summed E-state index contributed by atoms with van der Waals surface area (Å²) >= 11 is 0. The maximum Gasteiger partial charge on any atom is 0.311 e. The van der Waals surface area contributed by atoms with Crippen LogP contribution in [-0.2, 0) is 24.5 Å². The number of nitrogens with one attached hydrogen (secondary N) is 1. The minimum absolute atomic E-state index is 0.0384. The van der Waals surface area contributed by atoms with Gasteiger partial charge < -0.3 is 19.7 Å². The lowest BCUT2D eigenvalue weighted by molar-refractivity contribution is -0.151. The molecule has 0 bridgehead atoms. The molecule has 1 fully saturated rings. The molecule has 37 heavy (non-hydrogen) atoms. The Bertz CT molecular complexity index is 1280. The number of esters is 1. The van der Waals surface area contributed by atoms with Gasteiger partial charge in [0, 0.05) is 24.3 Å². The fraction of sp³-hybridized carbons (Fsp3) is 0.300. The molecule has 1 aliphatic rings. The van der Waals surface area contributed by atoms with Gasteiger partial charge in [-0.3, -0.25) is 14.4 Å². The second kappa shape index (κ2) is 10.9. The van der Waals surface area contributed by atoms with Crippen molar-refractivity contribution in [2.75, 3.05) is 23.4 Å². The average Bonchev–Trinajstić information content (AvgIpc) is 3.24. The largest absolute Gasteiger partial charge is 0.457 e. The fourth-order valence-corrected chi connectivity index (χ4v) is 4.14. The van der Waals surface area contributed by atoms with E-state index in [-0.39, 0.29) is 24.3 Å². The summed E-state index contributed by atoms with van der Waals surface area (Å²) in [6.45, 7) is 8.20. The SMILES string of the molecule is Cc1cccc(NC(=O)COC(=O)[C@@H]2CC(=O)N(c3ccc(Oc4ccc(C(C)(C)C)cc4)cc3)C2)c1. The molecule has 192 valence electrons. The van der Waals surface area contributed by atoms with Gasteiger partial charge in [-0.05, 0) is 72.0 Å². The molecule has 1 saturated heterocycles. The quantitative estimate of drug-likeness (QED) is 0.426. The number of nitrogens with zero attached hydrogens (tertiary/aromatic N) is 1. The van der Waals surface area contributed by atoms with Crippen molar-refractivity contribution in [2.24, 2.45) is 5.92 Å². The maximum atomic E-state index is 12.6. The van der Waals surface area contributed by atoms with Crippen LogP contribution in [0.4, 0.5) is 11.4 Å². The van der Waals surface area contributed by atoms with Gasteiger partial charge in [0.25, 0.3) is 5.91 Å². The molecule has 0 spiro atoms. The number of hydrogen-bond donors (Lipinski definition) is 1. The van der Waals surface area contributed by atoms with Crippen molar-refractivity contribution in [3.63, 3.8) is 0 Å². The third-order valence-electron chi connectivity index (χ3n) is 6.21. The number of amides is 2. The molecule has 2 amide bonds. The van der Waals surface area contributed by atoms with Gasteiger partial charge >= 0.3 is 5.97 Å². The minimum atomic E-state index is -0.628. The monoisotopic (exact) mass is 500 g/mol. The summed E-state index contributed by atoms with van der Waals surface area (Å²) in [5, 5.41) is 2.70. The van der Waals surface area contributed by atoms with E-state index in [1.165, 1.54) is 5.56 Å². The van der Waals surface area contributed by atoms with E-state index in [0.717, 1.165) is 11.3 Å². The van der Waals surface area contributed by atoms with Crippen molar-refractivity contribution in [2.45, 2.75) is 39.5 Å². The van der Waals surface area contributed by atoms with Gasteiger partial charge in [-0.2, -0.15) is 0 Å². The predicted octanol–water partition coefficient (Wildman–Crippen LogP) is 5.62. The van der Waals surface area contributed by atoms with E-state index in [1.54, 1.807) is 35.2 Å². The van der Waals surface area contributed by atoms with E-state index in [9.17, 15) is 14.4 Å². The second-order valence-corrected chi connectivity index (χ2v) is 10.3. The molecular formula is C30H32N2O5. The Morgan fingerprint density at radius 2 is 1.62 bits per heavy atom. The van der Waals surface area contributed by atoms with Gasteiger partial charge in [-0.1, -0.05) is 45.0 Å². The molecule has 1 N–H and O–H groups in total. The van der Waals surface area contributed by atoms with Crippen LogP contribution < -0.4 is 15.0 Å². The highest BCUT2D eigenvalue weighted by Crippen LogP contribution is 2.30. The first-order valence-electron chi connectivity index (χ1n) is 12.3. The van der Waals surface area contributed by atoms with Crippen LogP contribution in [0.1, 0.15) is 38.3 Å². The first-order chi connectivity index (χ1) is 17.6. The molecule has 7 nitrogen and oxygen atoms in total. The molecule has 0 saturated carbocycles. The van der Waals surface area contributed by atoms with E-state index in [1.807, 2.05) is 37.3 Å². The highest BCUT2D eigenvalue weighted by molar-refractivity contribution is 6.00. The van der Waals surface area contributed by atoms with Gasteiger partial charge in [-0.25, -0.2) is 0 Å². The molecule has 0 aromatic heterocycles. The third-order valence-corrected chi connectivity index (χ3v) is 6.21. The lowest BCUT2D eigenvalue weighted by atomic mass is 9.87. The van der Waals surface area contributed by atoms with Crippen LogP contribution >= 0.6 is 0 Å². The van der Waals surface area contributed by atoms with Crippen molar-refractivity contribution in [3.05, 3.63) is 83.9 Å². The van der Waals surface area contributed by atoms with Crippen molar-refractivity contribution in [1.82, 2.24) is 0 Å². The van der Waals surface area contributed by atoms with E-state index in [4.69, 9.17) is 9.47 Å². The molecule has 4 rings (SSSR count). The van der Waals surface area contributed by atoms with Crippen molar-refractivity contribution in [1.29, 1.82) is 0 Å². The molecule has 3 aromatic carbocycles. The van der Waals surface area contributed by atoms with Crippen LogP contribution in [0.25, 0.3) is 0 Å². The zero-order valence-electron chi connectivity index (χ0n) is 21.6. The summed E-state index contributed by atoms with van der Waals surface area (Å²) in [6.07, 6.45) is 0.0384. The normalized spacial score (nSPS) is 15.4. The minimum Gasteiger partial charge on any atom is -0.457 e. The van der Waals surface area contributed by atoms with E-state index < -0.39 is 24.4 Å². The molecule has 1 heterocycles. The lowest BCUT2D eigenvalue weighted by Gasteiger charge is -2.19. The average molecular weight is 501 g/mol. The Balaban J connectivity index is 1.29. The summed E-state index contributed by atoms with van der Waals surface area (Å²) in [4.78, 5) is 38.8. The van der Waals surface area contributed by atoms with Crippen LogP contribution in [0.15, 0.2) is 72.8 Å². The Hall–Kier alpha value is -4.13. The standard InChI is InChI=1S/C30H32N2O5/c1-20-6-5-7-23(16-20)31-27(33)19-36-29(35)21-17-28(34)32(18-21)24-10-14-26(15-11-24)37-25-12-8-22(9-13-25)30(2,3)4/h5-16,21H,17-19H2,1-4H3,(H,31,33)/t21-/m1/s1. The Morgan fingerprint density at radius 1 is 0.973 bits per heavy atom. The molecule has 0 unspecified atom stereocenters. The summed E-state index contributed by atoms with van der Waals surface area (Å²) in [6, 6.07) is 22.5. The van der Waals surface area contributed by atoms with Gasteiger partial charge in [0.1, 0.15) is 11.5 Å². The molecule has 7 heteroatoms. The summed E-state index contributed by atoms with van der Waals surface area (Å²) in [5.41, 5.74) is 3.61. The van der Waals surface area contributed by atoms with Crippen molar-refractivity contribution < 1.29 is 23.9 Å². The van der Waals surface area contributed by atoms with E-state index in [2.05, 4.69) is 38.2 Å². The number of benzene rings is 3. The first-order valence-corrected chi connectivity index (χ1v) is 12.3. The maximum absolute atomic E-state index is 12.6. The van der Waals surface area contributed by atoms with E-state index in [0.29, 0.717) is 17.1 Å². The molecular weight excluding hydrogens is 468 g/mol. The number of ether oxygens (including phenoxy) is 2. The van der Waals surface area contributed by atoms with Gasteiger partial charge in [0.2, 0.25) is 5.91 Å². The predicted molar refractivity (Wildman–Crippen MR) is 143 cm³/mol. The highest BCUT2D eigenvalue weighted by Gasteiger charge is 2.36. The highest BCUT2D eigenvalue weighted by atomic mass is 16.5. The first kappa shape index (κ1) is 25.9. The molecule has 1 aliphatic heterocycles. The fourth-order valence-electron chi connectivity index (χ4n) is 4.14. The number of anilines is 2. The summed E-state index contributed by atoms with van der Waals surface area (Å²) < 4.78 is 11.1. The Morgan fingerprint density at radius 3 is 2.24 bits per heavy atom. The van der Waals surface area contributed by atoms with Crippen LogP contribution in [0.5, 0.6) is 11.5 Å². The van der Waals surface area contributed by atoms with Crippen LogP contribution in [0, 0.1) is 12.8 Å². The topological polar surface area (TPSA) is 84.9 Å². The molecule has 0 aliphatic carbocycles. The number of aryl methyl sites for hydroxylation is 1. The lowest BCUT2D eigenvalue weighted by Crippen LogP contribution is -2.28. The number of carbonyl (C=O) groups excluding carboxylic acids is 3. The number of hydrogen-bond acceptors (Lipinski definition) is 5. The van der Waals surface area contributed by atoms with Crippen molar-refractivity contribution in [3.8, 4) is 11.5 Å². The molecule has 0 radical (unpaired) electrons. The number of carbonyl (C=O) groups is 3. The van der Waals surface area contributed by atoms with Gasteiger partial charge in [0.05, 0.1) is 5.92 Å². The Labute approximate surface area is 217 Å².